The van der Waals surface area contributed by atoms with Crippen molar-refractivity contribution in [1.29, 1.82) is 0 Å². The first-order chi connectivity index (χ1) is 8.54. The topological polar surface area (TPSA) is 55.8 Å². The van der Waals surface area contributed by atoms with Crippen molar-refractivity contribution in [2.45, 2.75) is 26.4 Å². The zero-order valence-electron chi connectivity index (χ0n) is 9.86. The first kappa shape index (κ1) is 14.2. The van der Waals surface area contributed by atoms with Crippen molar-refractivity contribution in [2.75, 3.05) is 6.61 Å². The number of hydrogen-bond donors (Lipinski definition) is 1. The fourth-order valence-corrected chi connectivity index (χ4v) is 1.46. The minimum Gasteiger partial charge on any atom is -0.504 e. The molecule has 0 atom stereocenters. The summed E-state index contributed by atoms with van der Waals surface area (Å²) in [6.07, 6.45) is 0.201. The van der Waals surface area contributed by atoms with Crippen molar-refractivity contribution in [3.63, 3.8) is 0 Å². The Morgan fingerprint density at radius 1 is 1.44 bits per heavy atom. The van der Waals surface area contributed by atoms with E-state index in [-0.39, 0.29) is 30.9 Å². The van der Waals surface area contributed by atoms with E-state index in [0.29, 0.717) is 5.56 Å². The smallest absolute Gasteiger partial charge is 0.387 e. The number of phenolic OH excluding ortho intramolecular Hbond substituents is 1. The van der Waals surface area contributed by atoms with Crippen LogP contribution < -0.4 is 4.74 Å². The molecule has 0 fully saturated rings. The summed E-state index contributed by atoms with van der Waals surface area (Å²) in [5.41, 5.74) is 0.336. The molecule has 4 nitrogen and oxygen atoms in total. The lowest BCUT2D eigenvalue weighted by Crippen LogP contribution is -2.08. The van der Waals surface area contributed by atoms with Gasteiger partial charge < -0.3 is 14.6 Å². The summed E-state index contributed by atoms with van der Waals surface area (Å²) in [7, 11) is 0. The van der Waals surface area contributed by atoms with Crippen molar-refractivity contribution in [1.82, 2.24) is 0 Å². The van der Waals surface area contributed by atoms with E-state index in [4.69, 9.17) is 4.74 Å². The number of alkyl halides is 2. The molecule has 0 amide bonds. The number of rotatable bonds is 6. The molecule has 0 aliphatic rings. The van der Waals surface area contributed by atoms with Gasteiger partial charge in [0.15, 0.2) is 11.5 Å². The Hall–Kier alpha value is -1.85. The van der Waals surface area contributed by atoms with Crippen molar-refractivity contribution in [2.24, 2.45) is 0 Å². The molecule has 100 valence electrons. The average molecular weight is 260 g/mol. The Balaban J connectivity index is 2.75. The summed E-state index contributed by atoms with van der Waals surface area (Å²) in [5.74, 6) is -1.10. The van der Waals surface area contributed by atoms with Crippen LogP contribution in [0.1, 0.15) is 18.9 Å². The number of esters is 1. The van der Waals surface area contributed by atoms with Crippen LogP contribution in [0, 0.1) is 0 Å². The normalized spacial score (nSPS) is 10.4. The molecule has 1 N–H and O–H groups in total. The fourth-order valence-electron chi connectivity index (χ4n) is 1.46. The van der Waals surface area contributed by atoms with Gasteiger partial charge in [-0.15, -0.1) is 0 Å². The molecule has 6 heteroatoms. The van der Waals surface area contributed by atoms with E-state index < -0.39 is 12.6 Å². The third-order valence-corrected chi connectivity index (χ3v) is 2.19. The maximum Gasteiger partial charge on any atom is 0.387 e. The van der Waals surface area contributed by atoms with E-state index in [9.17, 15) is 18.7 Å². The largest absolute Gasteiger partial charge is 0.504 e. The summed E-state index contributed by atoms with van der Waals surface area (Å²) in [4.78, 5) is 11.2. The second-order valence-corrected chi connectivity index (χ2v) is 3.45. The molecule has 1 aromatic carbocycles. The number of hydrogen-bond acceptors (Lipinski definition) is 4. The van der Waals surface area contributed by atoms with Crippen LogP contribution in [0.3, 0.4) is 0 Å². The SMILES string of the molecule is CCOC(=O)CCc1cccc(O)c1OC(F)F. The fraction of sp³-hybridized carbons (Fsp3) is 0.417. The van der Waals surface area contributed by atoms with Crippen LogP contribution in [0.4, 0.5) is 8.78 Å². The number of aryl methyl sites for hydroxylation is 1. The van der Waals surface area contributed by atoms with Crippen LogP contribution in [-0.4, -0.2) is 24.3 Å². The van der Waals surface area contributed by atoms with Gasteiger partial charge in [0, 0.05) is 6.42 Å². The summed E-state index contributed by atoms with van der Waals surface area (Å²) in [6, 6.07) is 4.25. The number of benzene rings is 1. The Bertz CT molecular complexity index is 407. The number of para-hydroxylation sites is 1. The van der Waals surface area contributed by atoms with Gasteiger partial charge in [-0.25, -0.2) is 0 Å². The van der Waals surface area contributed by atoms with Crippen LogP contribution in [0.15, 0.2) is 18.2 Å². The lowest BCUT2D eigenvalue weighted by Gasteiger charge is -2.11. The summed E-state index contributed by atoms with van der Waals surface area (Å²) >= 11 is 0. The van der Waals surface area contributed by atoms with E-state index >= 15 is 0 Å². The molecule has 18 heavy (non-hydrogen) atoms. The molecule has 0 radical (unpaired) electrons. The maximum absolute atomic E-state index is 12.2. The number of phenols is 1. The van der Waals surface area contributed by atoms with E-state index in [2.05, 4.69) is 4.74 Å². The Morgan fingerprint density at radius 2 is 2.17 bits per heavy atom. The number of carbonyl (C=O) groups is 1. The molecule has 0 bridgehead atoms. The summed E-state index contributed by atoms with van der Waals surface area (Å²) < 4.78 is 33.3. The lowest BCUT2D eigenvalue weighted by atomic mass is 10.1. The van der Waals surface area contributed by atoms with E-state index in [1.165, 1.54) is 18.2 Å². The zero-order valence-corrected chi connectivity index (χ0v) is 9.86. The number of ether oxygens (including phenoxy) is 2. The summed E-state index contributed by atoms with van der Waals surface area (Å²) in [5, 5.41) is 9.43. The van der Waals surface area contributed by atoms with Gasteiger partial charge in [0.05, 0.1) is 6.61 Å². The van der Waals surface area contributed by atoms with Gasteiger partial charge in [0.2, 0.25) is 0 Å². The van der Waals surface area contributed by atoms with Crippen molar-refractivity contribution in [3.05, 3.63) is 23.8 Å². The first-order valence-electron chi connectivity index (χ1n) is 5.46. The van der Waals surface area contributed by atoms with Crippen molar-refractivity contribution in [3.8, 4) is 11.5 Å². The predicted octanol–water partition coefficient (Wildman–Crippen LogP) is 2.49. The molecular weight excluding hydrogens is 246 g/mol. The Morgan fingerprint density at radius 3 is 2.78 bits per heavy atom. The highest BCUT2D eigenvalue weighted by Crippen LogP contribution is 2.32. The van der Waals surface area contributed by atoms with E-state index in [1.54, 1.807) is 6.92 Å². The molecule has 1 aromatic rings. The first-order valence-corrected chi connectivity index (χ1v) is 5.46. The molecule has 0 heterocycles. The van der Waals surface area contributed by atoms with E-state index in [0.717, 1.165) is 0 Å². The number of carbonyl (C=O) groups excluding carboxylic acids is 1. The minimum absolute atomic E-state index is 0.0386. The number of aromatic hydroxyl groups is 1. The van der Waals surface area contributed by atoms with Crippen LogP contribution in [-0.2, 0) is 16.0 Å². The minimum atomic E-state index is -3.03. The van der Waals surface area contributed by atoms with Gasteiger partial charge >= 0.3 is 12.6 Å². The highest BCUT2D eigenvalue weighted by molar-refractivity contribution is 5.70. The Labute approximate surface area is 103 Å². The second-order valence-electron chi connectivity index (χ2n) is 3.45. The van der Waals surface area contributed by atoms with Gasteiger partial charge in [-0.05, 0) is 25.0 Å². The van der Waals surface area contributed by atoms with Gasteiger partial charge in [0.1, 0.15) is 0 Å². The summed E-state index contributed by atoms with van der Waals surface area (Å²) in [6.45, 7) is -1.09. The highest BCUT2D eigenvalue weighted by atomic mass is 19.3. The van der Waals surface area contributed by atoms with Crippen LogP contribution in [0.25, 0.3) is 0 Å². The van der Waals surface area contributed by atoms with Gasteiger partial charge in [-0.3, -0.25) is 4.79 Å². The monoisotopic (exact) mass is 260 g/mol. The third kappa shape index (κ3) is 4.20. The lowest BCUT2D eigenvalue weighted by molar-refractivity contribution is -0.143. The van der Waals surface area contributed by atoms with Crippen LogP contribution >= 0.6 is 0 Å². The quantitative estimate of drug-likeness (QED) is 0.798. The van der Waals surface area contributed by atoms with Crippen LogP contribution in [0.5, 0.6) is 11.5 Å². The van der Waals surface area contributed by atoms with Gasteiger partial charge in [0.25, 0.3) is 0 Å². The second kappa shape index (κ2) is 6.78. The van der Waals surface area contributed by atoms with Crippen LogP contribution in [0.2, 0.25) is 0 Å². The standard InChI is InChI=1S/C12H14F2O4/c1-2-17-10(16)7-6-8-4-3-5-9(15)11(8)18-12(13)14/h3-5,12,15H,2,6-7H2,1H3. The van der Waals surface area contributed by atoms with E-state index in [1.807, 2.05) is 0 Å². The Kier molecular flexibility index (Phi) is 5.35. The number of halogens is 2. The maximum atomic E-state index is 12.2. The van der Waals surface area contributed by atoms with Crippen molar-refractivity contribution >= 4 is 5.97 Å². The highest BCUT2D eigenvalue weighted by Gasteiger charge is 2.15. The molecule has 0 saturated carbocycles. The molecular formula is C12H14F2O4. The molecule has 1 rings (SSSR count). The molecule has 0 spiro atoms. The molecule has 0 aliphatic heterocycles. The average Bonchev–Trinajstić information content (AvgIpc) is 2.30. The molecule has 0 aliphatic carbocycles. The van der Waals surface area contributed by atoms with Gasteiger partial charge in [-0.2, -0.15) is 8.78 Å². The molecule has 0 saturated heterocycles. The predicted molar refractivity (Wildman–Crippen MR) is 59.7 cm³/mol. The van der Waals surface area contributed by atoms with Crippen molar-refractivity contribution < 1.29 is 28.2 Å². The molecule has 0 aromatic heterocycles. The molecule has 0 unspecified atom stereocenters. The zero-order chi connectivity index (χ0) is 13.5. The van der Waals surface area contributed by atoms with Gasteiger partial charge in [-0.1, -0.05) is 12.1 Å². The third-order valence-electron chi connectivity index (χ3n) is 2.19.